The fourth-order valence-electron chi connectivity index (χ4n) is 2.99. The number of para-hydroxylation sites is 1. The molecule has 0 fully saturated rings. The molecule has 0 bridgehead atoms. The second kappa shape index (κ2) is 8.30. The van der Waals surface area contributed by atoms with Gasteiger partial charge < -0.3 is 19.7 Å². The number of benzene rings is 3. The Bertz CT molecular complexity index is 829. The van der Waals surface area contributed by atoms with Crippen LogP contribution >= 0.6 is 0 Å². The van der Waals surface area contributed by atoms with Crippen molar-refractivity contribution in [3.63, 3.8) is 0 Å². The highest BCUT2D eigenvalue weighted by molar-refractivity contribution is 5.47. The van der Waals surface area contributed by atoms with Gasteiger partial charge >= 0.3 is 0 Å². The summed E-state index contributed by atoms with van der Waals surface area (Å²) in [6.45, 7) is 0.674. The number of fused-ring (bicyclic) bond motifs is 1. The molecule has 1 heterocycles. The van der Waals surface area contributed by atoms with Gasteiger partial charge in [-0.25, -0.2) is 0 Å². The summed E-state index contributed by atoms with van der Waals surface area (Å²) in [5, 5.41) is 18.1. The third kappa shape index (κ3) is 4.28. The van der Waals surface area contributed by atoms with Crippen molar-refractivity contribution in [1.29, 1.82) is 0 Å². The predicted octanol–water partition coefficient (Wildman–Crippen LogP) is 4.71. The van der Waals surface area contributed by atoms with Crippen molar-refractivity contribution in [3.05, 3.63) is 83.9 Å². The molecule has 0 radical (unpaired) electrons. The molecule has 0 saturated heterocycles. The van der Waals surface area contributed by atoms with Crippen LogP contribution in [0.4, 0.5) is 0 Å². The maximum atomic E-state index is 9.52. The molecule has 134 valence electrons. The largest absolute Gasteiger partial charge is 0.508 e. The molecule has 0 aromatic heterocycles. The summed E-state index contributed by atoms with van der Waals surface area (Å²) in [7, 11) is 1.67. The Labute approximate surface area is 153 Å². The molecule has 0 aliphatic carbocycles. The number of phenols is 2. The van der Waals surface area contributed by atoms with Crippen molar-refractivity contribution in [3.8, 4) is 23.0 Å². The van der Waals surface area contributed by atoms with Gasteiger partial charge in [0.25, 0.3) is 0 Å². The molecule has 1 aliphatic heterocycles. The van der Waals surface area contributed by atoms with Crippen LogP contribution in [0.1, 0.15) is 23.5 Å². The van der Waals surface area contributed by atoms with Crippen molar-refractivity contribution in [1.82, 2.24) is 0 Å². The normalized spacial score (nSPS) is 15.0. The Balaban J connectivity index is 0.000000236. The van der Waals surface area contributed by atoms with Gasteiger partial charge in [0.15, 0.2) is 0 Å². The summed E-state index contributed by atoms with van der Waals surface area (Å²) in [4.78, 5) is 0. The first-order valence-corrected chi connectivity index (χ1v) is 8.51. The second-order valence-electron chi connectivity index (χ2n) is 6.02. The summed E-state index contributed by atoms with van der Waals surface area (Å²) in [6, 6.07) is 22.2. The Morgan fingerprint density at radius 2 is 1.62 bits per heavy atom. The van der Waals surface area contributed by atoms with E-state index in [1.54, 1.807) is 43.5 Å². The quantitative estimate of drug-likeness (QED) is 0.703. The van der Waals surface area contributed by atoms with Gasteiger partial charge in [-0.05, 0) is 42.3 Å². The summed E-state index contributed by atoms with van der Waals surface area (Å²) in [6.07, 6.45) is 0.949. The predicted molar refractivity (Wildman–Crippen MR) is 101 cm³/mol. The number of aromatic hydroxyl groups is 2. The second-order valence-corrected chi connectivity index (χ2v) is 6.02. The molecule has 26 heavy (non-hydrogen) atoms. The van der Waals surface area contributed by atoms with Crippen molar-refractivity contribution < 1.29 is 19.7 Å². The van der Waals surface area contributed by atoms with Gasteiger partial charge in [-0.1, -0.05) is 36.4 Å². The summed E-state index contributed by atoms with van der Waals surface area (Å²) >= 11 is 0. The van der Waals surface area contributed by atoms with E-state index in [1.807, 2.05) is 24.3 Å². The van der Waals surface area contributed by atoms with Gasteiger partial charge in [0.1, 0.15) is 23.0 Å². The van der Waals surface area contributed by atoms with Gasteiger partial charge in [0.05, 0.1) is 13.7 Å². The molecule has 0 amide bonds. The molecule has 1 unspecified atom stereocenters. The van der Waals surface area contributed by atoms with E-state index in [1.165, 1.54) is 5.56 Å². The van der Waals surface area contributed by atoms with E-state index in [0.29, 0.717) is 18.3 Å². The lowest BCUT2D eigenvalue weighted by Gasteiger charge is -2.26. The van der Waals surface area contributed by atoms with E-state index < -0.39 is 0 Å². The van der Waals surface area contributed by atoms with E-state index in [4.69, 9.17) is 14.6 Å². The fourth-order valence-corrected chi connectivity index (χ4v) is 2.99. The summed E-state index contributed by atoms with van der Waals surface area (Å²) < 4.78 is 10.8. The van der Waals surface area contributed by atoms with Crippen LogP contribution in [0.5, 0.6) is 23.0 Å². The third-order valence-electron chi connectivity index (χ3n) is 4.31. The Hall–Kier alpha value is -3.14. The van der Waals surface area contributed by atoms with Crippen LogP contribution < -0.4 is 9.47 Å². The lowest BCUT2D eigenvalue weighted by Crippen LogP contribution is -2.15. The van der Waals surface area contributed by atoms with Crippen molar-refractivity contribution in [2.24, 2.45) is 0 Å². The highest BCUT2D eigenvalue weighted by atomic mass is 16.5. The highest BCUT2D eigenvalue weighted by Crippen LogP contribution is 2.39. The van der Waals surface area contributed by atoms with Crippen LogP contribution in [0.15, 0.2) is 72.8 Å². The molecular formula is C22H22O4. The van der Waals surface area contributed by atoms with Gasteiger partial charge in [-0.2, -0.15) is 0 Å². The first kappa shape index (κ1) is 17.7. The molecule has 0 saturated carbocycles. The Morgan fingerprint density at radius 1 is 0.885 bits per heavy atom. The van der Waals surface area contributed by atoms with E-state index in [9.17, 15) is 5.11 Å². The third-order valence-corrected chi connectivity index (χ3v) is 4.31. The van der Waals surface area contributed by atoms with E-state index in [0.717, 1.165) is 23.5 Å². The maximum absolute atomic E-state index is 9.52. The zero-order valence-electron chi connectivity index (χ0n) is 14.6. The minimum atomic E-state index is 0.245. The molecule has 2 N–H and O–H groups in total. The highest BCUT2D eigenvalue weighted by Gasteiger charge is 2.23. The standard InChI is InChI=1S/C16H16O3.C6H6O/c1-18-13-5-2-11(3-6-13)14-8-9-19-16-10-12(17)4-7-15(14)16;7-6-4-2-1-3-5-6/h2-7,10,14,17H,8-9H2,1H3;1-5,7H. The lowest BCUT2D eigenvalue weighted by atomic mass is 9.86. The molecule has 4 nitrogen and oxygen atoms in total. The molecule has 3 aromatic carbocycles. The number of hydrogen-bond acceptors (Lipinski definition) is 4. The van der Waals surface area contributed by atoms with Crippen LogP contribution in [0.25, 0.3) is 0 Å². The molecule has 3 aromatic rings. The number of ether oxygens (including phenoxy) is 2. The molecule has 4 heteroatoms. The van der Waals surface area contributed by atoms with E-state index in [2.05, 4.69) is 12.1 Å². The first-order chi connectivity index (χ1) is 12.7. The number of hydrogen-bond donors (Lipinski definition) is 2. The van der Waals surface area contributed by atoms with Gasteiger partial charge in [0, 0.05) is 17.5 Å². The molecular weight excluding hydrogens is 328 g/mol. The summed E-state index contributed by atoms with van der Waals surface area (Å²) in [5.41, 5.74) is 2.38. The van der Waals surface area contributed by atoms with Crippen molar-refractivity contribution in [2.75, 3.05) is 13.7 Å². The summed E-state index contributed by atoms with van der Waals surface area (Å²) in [5.74, 6) is 2.53. The average molecular weight is 350 g/mol. The SMILES string of the molecule is COc1ccc(C2CCOc3cc(O)ccc32)cc1.Oc1ccccc1. The average Bonchev–Trinajstić information content (AvgIpc) is 2.68. The maximum Gasteiger partial charge on any atom is 0.126 e. The Morgan fingerprint density at radius 3 is 2.23 bits per heavy atom. The minimum Gasteiger partial charge on any atom is -0.508 e. The fraction of sp³-hybridized carbons (Fsp3) is 0.182. The van der Waals surface area contributed by atoms with Crippen LogP contribution in [0.3, 0.4) is 0 Å². The van der Waals surface area contributed by atoms with Crippen LogP contribution in [0.2, 0.25) is 0 Å². The molecule has 4 rings (SSSR count). The zero-order valence-corrected chi connectivity index (χ0v) is 14.6. The van der Waals surface area contributed by atoms with Crippen LogP contribution in [-0.4, -0.2) is 23.9 Å². The van der Waals surface area contributed by atoms with Crippen molar-refractivity contribution >= 4 is 0 Å². The first-order valence-electron chi connectivity index (χ1n) is 8.51. The van der Waals surface area contributed by atoms with E-state index in [-0.39, 0.29) is 5.75 Å². The van der Waals surface area contributed by atoms with Crippen molar-refractivity contribution in [2.45, 2.75) is 12.3 Å². The number of rotatable bonds is 2. The lowest BCUT2D eigenvalue weighted by molar-refractivity contribution is 0.275. The van der Waals surface area contributed by atoms with Gasteiger partial charge in [0.2, 0.25) is 0 Å². The van der Waals surface area contributed by atoms with Crippen LogP contribution in [-0.2, 0) is 0 Å². The number of phenolic OH excluding ortho intramolecular Hbond substituents is 2. The zero-order chi connectivity index (χ0) is 18.4. The van der Waals surface area contributed by atoms with Gasteiger partial charge in [-0.15, -0.1) is 0 Å². The monoisotopic (exact) mass is 350 g/mol. The number of methoxy groups -OCH3 is 1. The van der Waals surface area contributed by atoms with E-state index >= 15 is 0 Å². The molecule has 1 aliphatic rings. The Kier molecular flexibility index (Phi) is 5.64. The smallest absolute Gasteiger partial charge is 0.126 e. The molecule has 0 spiro atoms. The van der Waals surface area contributed by atoms with Gasteiger partial charge in [-0.3, -0.25) is 0 Å². The topological polar surface area (TPSA) is 58.9 Å². The molecule has 1 atom stereocenters. The minimum absolute atomic E-state index is 0.245. The van der Waals surface area contributed by atoms with Crippen LogP contribution in [0, 0.1) is 0 Å².